The molecule has 3 aromatic rings. The van der Waals surface area contributed by atoms with E-state index in [9.17, 15) is 26.4 Å². The van der Waals surface area contributed by atoms with Gasteiger partial charge < -0.3 is 4.57 Å². The van der Waals surface area contributed by atoms with Crippen molar-refractivity contribution in [1.82, 2.24) is 9.29 Å². The highest BCUT2D eigenvalue weighted by atomic mass is 35.5. The van der Waals surface area contributed by atoms with Crippen molar-refractivity contribution in [2.24, 2.45) is 0 Å². The van der Waals surface area contributed by atoms with E-state index in [1.54, 1.807) is 41.0 Å². The summed E-state index contributed by atoms with van der Waals surface area (Å²) < 4.78 is 50.6. The number of carbonyl (C=O) groups excluding carboxylic acids is 2. The normalized spacial score (nSPS) is 14.1. The van der Waals surface area contributed by atoms with Gasteiger partial charge in [0.2, 0.25) is 10.0 Å². The fourth-order valence-electron chi connectivity index (χ4n) is 4.28. The number of hydrogen-bond donors (Lipinski definition) is 1. The number of sulfonamides is 1. The molecule has 1 amide bonds. The van der Waals surface area contributed by atoms with Gasteiger partial charge >= 0.3 is 0 Å². The Kier molecular flexibility index (Phi) is 7.45. The highest BCUT2D eigenvalue weighted by Gasteiger charge is 2.29. The fraction of sp³-hybridized carbons (Fsp3) is 0.231. The first-order chi connectivity index (χ1) is 17.3. The van der Waals surface area contributed by atoms with Crippen molar-refractivity contribution < 1.29 is 26.4 Å². The number of rotatable bonds is 8. The van der Waals surface area contributed by atoms with Crippen LogP contribution in [-0.4, -0.2) is 51.4 Å². The number of fused-ring (bicyclic) bond motifs is 1. The van der Waals surface area contributed by atoms with Crippen LogP contribution in [-0.2, 0) is 37.6 Å². The van der Waals surface area contributed by atoms with Crippen molar-refractivity contribution in [3.63, 3.8) is 0 Å². The zero-order valence-corrected chi connectivity index (χ0v) is 22.6. The zero-order valence-electron chi connectivity index (χ0n) is 20.2. The van der Waals surface area contributed by atoms with Crippen molar-refractivity contribution in [3.8, 4) is 0 Å². The lowest BCUT2D eigenvalue weighted by atomic mass is 9.93. The number of allylic oxidation sites excluding steroid dienone is 4. The molecule has 11 heteroatoms. The molecule has 0 fully saturated rings. The summed E-state index contributed by atoms with van der Waals surface area (Å²) in [4.78, 5) is 26.2. The minimum absolute atomic E-state index is 0.0266. The molecular formula is C26H25ClN2O6S2. The van der Waals surface area contributed by atoms with Crippen LogP contribution >= 0.6 is 11.6 Å². The molecule has 0 radical (unpaired) electrons. The summed E-state index contributed by atoms with van der Waals surface area (Å²) in [5, 5.41) is 0.946. The third-order valence-corrected chi connectivity index (χ3v) is 7.65. The van der Waals surface area contributed by atoms with Gasteiger partial charge in [-0.15, -0.1) is 0 Å². The molecule has 0 saturated carbocycles. The van der Waals surface area contributed by atoms with E-state index in [0.717, 1.165) is 17.4 Å². The number of nitrogens with zero attached hydrogens (tertiary/aromatic N) is 1. The number of aromatic nitrogens is 1. The van der Waals surface area contributed by atoms with Gasteiger partial charge in [-0.05, 0) is 35.7 Å². The highest BCUT2D eigenvalue weighted by molar-refractivity contribution is 7.90. The fourth-order valence-corrected chi connectivity index (χ4v) is 5.49. The number of amides is 1. The van der Waals surface area contributed by atoms with E-state index in [2.05, 4.69) is 0 Å². The highest BCUT2D eigenvalue weighted by Crippen LogP contribution is 2.36. The number of halogens is 1. The molecule has 0 atom stereocenters. The first-order valence-electron chi connectivity index (χ1n) is 11.3. The average Bonchev–Trinajstić information content (AvgIpc) is 3.10. The van der Waals surface area contributed by atoms with Gasteiger partial charge in [0, 0.05) is 46.3 Å². The third-order valence-electron chi connectivity index (χ3n) is 5.92. The van der Waals surface area contributed by atoms with Crippen LogP contribution in [0.2, 0.25) is 5.02 Å². The van der Waals surface area contributed by atoms with Crippen molar-refractivity contribution in [2.45, 2.75) is 19.4 Å². The van der Waals surface area contributed by atoms with Gasteiger partial charge in [-0.25, -0.2) is 21.6 Å². The lowest BCUT2D eigenvalue weighted by molar-refractivity contribution is -0.113. The van der Waals surface area contributed by atoms with Crippen LogP contribution in [0.1, 0.15) is 33.6 Å². The Balaban J connectivity index is 1.88. The second-order valence-electron chi connectivity index (χ2n) is 9.01. The smallest absolute Gasteiger partial charge is 0.282 e. The Labute approximate surface area is 220 Å². The van der Waals surface area contributed by atoms with E-state index in [1.165, 1.54) is 6.26 Å². The van der Waals surface area contributed by atoms with Gasteiger partial charge in [0.25, 0.3) is 5.91 Å². The molecule has 0 saturated heterocycles. The average molecular weight is 561 g/mol. The van der Waals surface area contributed by atoms with Crippen LogP contribution in [0.3, 0.4) is 0 Å². The molecule has 1 N–H and O–H groups in total. The monoisotopic (exact) mass is 560 g/mol. The molecule has 194 valence electrons. The summed E-state index contributed by atoms with van der Waals surface area (Å²) in [6.45, 7) is 0.189. The van der Waals surface area contributed by atoms with Gasteiger partial charge in [-0.3, -0.25) is 9.59 Å². The summed E-state index contributed by atoms with van der Waals surface area (Å²) in [7, 11) is -7.00. The number of carbonyl (C=O) groups is 2. The standard InChI is InChI=1S/C26H25ClN2O6S2/c1-36(32,33)14-13-17-7-9-18(10-8-17)16-29-22-12-11-19(27)15-21(22)24(20-5-3-4-6-23(20)30)25(29)26(31)28-37(2,34)35/h3-5,7-12,15H,6,13-14,16H2,1-2H3,(H,28,31). The number of sulfone groups is 1. The Morgan fingerprint density at radius 2 is 1.70 bits per heavy atom. The van der Waals surface area contributed by atoms with E-state index in [1.807, 2.05) is 29.0 Å². The Morgan fingerprint density at radius 1 is 1.03 bits per heavy atom. The number of Topliss-reactive ketones (excluding diaryl/α,β-unsaturated/α-hetero) is 1. The largest absolute Gasteiger partial charge is 0.331 e. The third kappa shape index (κ3) is 6.38. The number of aryl methyl sites for hydroxylation is 1. The Morgan fingerprint density at radius 3 is 2.32 bits per heavy atom. The first-order valence-corrected chi connectivity index (χ1v) is 15.7. The van der Waals surface area contributed by atoms with E-state index >= 15 is 0 Å². The van der Waals surface area contributed by atoms with Crippen LogP contribution < -0.4 is 4.72 Å². The number of ketones is 1. The van der Waals surface area contributed by atoms with Crippen LogP contribution in [0.4, 0.5) is 0 Å². The molecule has 1 aromatic heterocycles. The predicted molar refractivity (Wildman–Crippen MR) is 145 cm³/mol. The molecule has 8 nitrogen and oxygen atoms in total. The molecule has 37 heavy (non-hydrogen) atoms. The van der Waals surface area contributed by atoms with E-state index in [0.29, 0.717) is 33.5 Å². The number of benzene rings is 2. The molecule has 1 aliphatic rings. The molecule has 1 heterocycles. The predicted octanol–water partition coefficient (Wildman–Crippen LogP) is 3.53. The molecule has 0 spiro atoms. The van der Waals surface area contributed by atoms with E-state index < -0.39 is 25.8 Å². The lowest BCUT2D eigenvalue weighted by Gasteiger charge is -2.14. The van der Waals surface area contributed by atoms with Crippen LogP contribution in [0.15, 0.2) is 60.7 Å². The number of hydrogen-bond acceptors (Lipinski definition) is 6. The number of nitrogens with one attached hydrogen (secondary N) is 1. The molecule has 1 aliphatic carbocycles. The maximum atomic E-state index is 13.4. The van der Waals surface area contributed by atoms with Gasteiger partial charge in [-0.2, -0.15) is 0 Å². The maximum Gasteiger partial charge on any atom is 0.282 e. The topological polar surface area (TPSA) is 119 Å². The Hall–Kier alpha value is -3.21. The van der Waals surface area contributed by atoms with Crippen molar-refractivity contribution >= 4 is 59.6 Å². The van der Waals surface area contributed by atoms with Crippen LogP contribution in [0.5, 0.6) is 0 Å². The van der Waals surface area contributed by atoms with Crippen LogP contribution in [0, 0.1) is 0 Å². The molecule has 0 unspecified atom stereocenters. The van der Waals surface area contributed by atoms with Crippen molar-refractivity contribution in [3.05, 3.63) is 88.1 Å². The maximum absolute atomic E-state index is 13.4. The van der Waals surface area contributed by atoms with Gasteiger partial charge in [0.1, 0.15) is 15.5 Å². The van der Waals surface area contributed by atoms with Crippen LogP contribution in [0.25, 0.3) is 16.5 Å². The van der Waals surface area contributed by atoms with Crippen molar-refractivity contribution in [1.29, 1.82) is 0 Å². The zero-order chi connectivity index (χ0) is 27.0. The SMILES string of the molecule is CS(=O)(=O)CCc1ccc(Cn2c(C(=O)NS(C)(=O)=O)c(C3=CC=CCC3=O)c3cc(Cl)ccc32)cc1. The second kappa shape index (κ2) is 10.3. The molecule has 0 aliphatic heterocycles. The summed E-state index contributed by atoms with van der Waals surface area (Å²) in [5.41, 5.74) is 2.87. The Bertz CT molecular complexity index is 1680. The minimum Gasteiger partial charge on any atom is -0.331 e. The lowest BCUT2D eigenvalue weighted by Crippen LogP contribution is -2.32. The van der Waals surface area contributed by atoms with Gasteiger partial charge in [0.05, 0.1) is 12.0 Å². The van der Waals surface area contributed by atoms with Gasteiger partial charge in [0.15, 0.2) is 5.78 Å². The summed E-state index contributed by atoms with van der Waals surface area (Å²) in [5.74, 6) is -1.03. The van der Waals surface area contributed by atoms with Crippen molar-refractivity contribution in [2.75, 3.05) is 18.3 Å². The minimum atomic E-state index is -3.90. The second-order valence-corrected chi connectivity index (χ2v) is 13.5. The van der Waals surface area contributed by atoms with E-state index in [4.69, 9.17) is 11.6 Å². The molecule has 4 rings (SSSR count). The van der Waals surface area contributed by atoms with Gasteiger partial charge in [-0.1, -0.05) is 54.1 Å². The summed E-state index contributed by atoms with van der Waals surface area (Å²) in [6.07, 6.45) is 7.64. The summed E-state index contributed by atoms with van der Waals surface area (Å²) in [6, 6.07) is 12.3. The molecule has 2 aromatic carbocycles. The first kappa shape index (κ1) is 26.8. The quantitative estimate of drug-likeness (QED) is 0.450. The van der Waals surface area contributed by atoms with E-state index in [-0.39, 0.29) is 30.2 Å². The molecular weight excluding hydrogens is 536 g/mol. The summed E-state index contributed by atoms with van der Waals surface area (Å²) >= 11 is 6.29. The molecule has 0 bridgehead atoms.